The van der Waals surface area contributed by atoms with Crippen molar-refractivity contribution in [2.75, 3.05) is 12.9 Å². The fourth-order valence-electron chi connectivity index (χ4n) is 4.04. The highest BCUT2D eigenvalue weighted by molar-refractivity contribution is 7.90. The number of hydrogen-bond acceptors (Lipinski definition) is 6. The van der Waals surface area contributed by atoms with Crippen LogP contribution in [0.5, 0.6) is 5.75 Å². The summed E-state index contributed by atoms with van der Waals surface area (Å²) in [4.78, 5) is 2.51. The Hall–Kier alpha value is -2.38. The molecule has 34 heavy (non-hydrogen) atoms. The number of sulfone groups is 1. The number of aliphatic hydroxyl groups is 1. The summed E-state index contributed by atoms with van der Waals surface area (Å²) >= 11 is 0. The minimum Gasteiger partial charge on any atom is -0.492 e. The van der Waals surface area contributed by atoms with Crippen LogP contribution in [0, 0.1) is 0 Å². The summed E-state index contributed by atoms with van der Waals surface area (Å²) in [5, 5.41) is 14.2. The summed E-state index contributed by atoms with van der Waals surface area (Å²) in [6.07, 6.45) is -7.76. The number of alkyl halides is 6. The fourth-order valence-corrected chi connectivity index (χ4v) is 4.93. The molecule has 1 aromatic heterocycles. The quantitative estimate of drug-likeness (QED) is 0.591. The zero-order valence-corrected chi connectivity index (χ0v) is 18.9. The first kappa shape index (κ1) is 26.2. The van der Waals surface area contributed by atoms with Crippen LogP contribution in [-0.4, -0.2) is 43.5 Å². The van der Waals surface area contributed by atoms with Crippen molar-refractivity contribution in [1.29, 1.82) is 0 Å². The molecule has 6 nitrogen and oxygen atoms in total. The first-order valence-corrected chi connectivity index (χ1v) is 11.9. The minimum absolute atomic E-state index is 0.00205. The maximum Gasteiger partial charge on any atom is 0.433 e. The van der Waals surface area contributed by atoms with Crippen molar-refractivity contribution in [2.45, 2.75) is 54.7 Å². The summed E-state index contributed by atoms with van der Waals surface area (Å²) in [5.41, 5.74) is -3.81. The molecule has 2 heterocycles. The van der Waals surface area contributed by atoms with Crippen LogP contribution in [-0.2, 0) is 27.8 Å². The number of nitrogens with one attached hydrogen (secondary N) is 1. The molecule has 188 valence electrons. The molecular formula is C21H22F6N2O4S. The van der Waals surface area contributed by atoms with E-state index >= 15 is 0 Å². The molecule has 3 rings (SSSR count). The minimum atomic E-state index is -4.93. The number of pyridine rings is 1. The van der Waals surface area contributed by atoms with Gasteiger partial charge in [0.15, 0.2) is 9.84 Å². The second-order valence-corrected chi connectivity index (χ2v) is 10.4. The van der Waals surface area contributed by atoms with E-state index in [4.69, 9.17) is 4.74 Å². The predicted molar refractivity (Wildman–Crippen MR) is 109 cm³/mol. The highest BCUT2D eigenvalue weighted by atomic mass is 32.2. The molecule has 0 spiro atoms. The second-order valence-electron chi connectivity index (χ2n) is 8.37. The predicted octanol–water partition coefficient (Wildman–Crippen LogP) is 3.93. The second kappa shape index (κ2) is 9.00. The van der Waals surface area contributed by atoms with Gasteiger partial charge in [0.05, 0.1) is 16.1 Å². The molecule has 1 aliphatic heterocycles. The van der Waals surface area contributed by atoms with E-state index in [2.05, 4.69) is 10.3 Å². The molecule has 1 aliphatic rings. The van der Waals surface area contributed by atoms with Crippen LogP contribution in [0.4, 0.5) is 26.3 Å². The maximum absolute atomic E-state index is 13.4. The molecule has 2 aromatic rings. The van der Waals surface area contributed by atoms with Gasteiger partial charge in [0.2, 0.25) is 0 Å². The Balaban J connectivity index is 1.78. The van der Waals surface area contributed by atoms with Crippen LogP contribution < -0.4 is 10.1 Å². The van der Waals surface area contributed by atoms with Gasteiger partial charge >= 0.3 is 12.4 Å². The van der Waals surface area contributed by atoms with E-state index in [0.29, 0.717) is 12.3 Å². The number of halogens is 6. The Bertz CT molecular complexity index is 1140. The van der Waals surface area contributed by atoms with Gasteiger partial charge in [-0.05, 0) is 44.0 Å². The van der Waals surface area contributed by atoms with Gasteiger partial charge < -0.3 is 15.2 Å². The Morgan fingerprint density at radius 2 is 1.79 bits per heavy atom. The van der Waals surface area contributed by atoms with Crippen molar-refractivity contribution >= 4 is 9.84 Å². The van der Waals surface area contributed by atoms with Gasteiger partial charge in [0.25, 0.3) is 0 Å². The van der Waals surface area contributed by atoms with Gasteiger partial charge in [0.1, 0.15) is 18.1 Å². The van der Waals surface area contributed by atoms with Crippen molar-refractivity contribution in [1.82, 2.24) is 10.3 Å². The SMILES string of the molecule is C[C@H]1C[C@@](O)(c2ccc(C(F)(F)F)nc2)C[C@@H](COc2ccc(S(C)(=O)=O)c(C(F)(F)F)c2)N1. The highest BCUT2D eigenvalue weighted by Gasteiger charge is 2.41. The summed E-state index contributed by atoms with van der Waals surface area (Å²) < 4.78 is 107. The molecule has 1 fully saturated rings. The van der Waals surface area contributed by atoms with Gasteiger partial charge in [-0.15, -0.1) is 0 Å². The van der Waals surface area contributed by atoms with Crippen molar-refractivity contribution < 1.29 is 44.6 Å². The van der Waals surface area contributed by atoms with Gasteiger partial charge in [-0.1, -0.05) is 6.07 Å². The standard InChI is InChI=1S/C21H22F6N2O4S/c1-12-8-19(30,13-3-6-18(28-10-13)21(25,26)27)9-14(29-12)11-33-15-4-5-17(34(2,31)32)16(7-15)20(22,23)24/h3-7,10,12,14,29-30H,8-9,11H2,1-2H3/t12-,14-,19-/m0/s1. The monoisotopic (exact) mass is 512 g/mol. The molecule has 1 saturated heterocycles. The normalized spacial score (nSPS) is 24.1. The zero-order chi connectivity index (χ0) is 25.5. The molecular weight excluding hydrogens is 490 g/mol. The first-order chi connectivity index (χ1) is 15.5. The smallest absolute Gasteiger partial charge is 0.433 e. The summed E-state index contributed by atoms with van der Waals surface area (Å²) in [7, 11) is -4.13. The van der Waals surface area contributed by atoms with Crippen molar-refractivity contribution in [2.24, 2.45) is 0 Å². The topological polar surface area (TPSA) is 88.5 Å². The number of benzene rings is 1. The Kier molecular flexibility index (Phi) is 6.95. The van der Waals surface area contributed by atoms with Crippen LogP contribution in [0.3, 0.4) is 0 Å². The largest absolute Gasteiger partial charge is 0.492 e. The van der Waals surface area contributed by atoms with Gasteiger partial charge in [-0.3, -0.25) is 4.98 Å². The number of nitrogens with zero attached hydrogens (tertiary/aromatic N) is 1. The third-order valence-electron chi connectivity index (χ3n) is 5.45. The number of aromatic nitrogens is 1. The number of rotatable bonds is 5. The lowest BCUT2D eigenvalue weighted by Crippen LogP contribution is -2.53. The average Bonchev–Trinajstić information content (AvgIpc) is 2.69. The molecule has 3 atom stereocenters. The van der Waals surface area contributed by atoms with Crippen LogP contribution in [0.2, 0.25) is 0 Å². The number of ether oxygens (including phenoxy) is 1. The fraction of sp³-hybridized carbons (Fsp3) is 0.476. The molecule has 2 N–H and O–H groups in total. The molecule has 0 saturated carbocycles. The van der Waals surface area contributed by atoms with Crippen LogP contribution in [0.25, 0.3) is 0 Å². The molecule has 0 unspecified atom stereocenters. The van der Waals surface area contributed by atoms with E-state index in [9.17, 15) is 39.9 Å². The molecule has 0 bridgehead atoms. The Labute approximate surface area is 191 Å². The van der Waals surface area contributed by atoms with E-state index in [0.717, 1.165) is 30.5 Å². The number of hydrogen-bond donors (Lipinski definition) is 2. The third kappa shape index (κ3) is 5.99. The van der Waals surface area contributed by atoms with Crippen molar-refractivity contribution in [3.8, 4) is 5.75 Å². The third-order valence-corrected chi connectivity index (χ3v) is 6.60. The Morgan fingerprint density at radius 1 is 1.12 bits per heavy atom. The van der Waals surface area contributed by atoms with E-state index in [1.807, 2.05) is 0 Å². The number of piperidine rings is 1. The van der Waals surface area contributed by atoms with E-state index in [1.165, 1.54) is 0 Å². The van der Waals surface area contributed by atoms with E-state index < -0.39 is 50.0 Å². The highest BCUT2D eigenvalue weighted by Crippen LogP contribution is 2.38. The van der Waals surface area contributed by atoms with Crippen molar-refractivity contribution in [3.63, 3.8) is 0 Å². The lowest BCUT2D eigenvalue weighted by molar-refractivity contribution is -0.141. The lowest BCUT2D eigenvalue weighted by Gasteiger charge is -2.41. The summed E-state index contributed by atoms with van der Waals surface area (Å²) in [5.74, 6) is -0.223. The molecule has 13 heteroatoms. The average molecular weight is 512 g/mol. The van der Waals surface area contributed by atoms with Crippen LogP contribution >= 0.6 is 0 Å². The molecule has 0 aliphatic carbocycles. The summed E-state index contributed by atoms with van der Waals surface area (Å²) in [6.45, 7) is 1.55. The first-order valence-electron chi connectivity index (χ1n) is 10.1. The molecule has 1 aromatic carbocycles. The van der Waals surface area contributed by atoms with Gasteiger partial charge in [-0.25, -0.2) is 8.42 Å². The van der Waals surface area contributed by atoms with Gasteiger partial charge in [-0.2, -0.15) is 26.3 Å². The van der Waals surface area contributed by atoms with E-state index in [-0.39, 0.29) is 36.8 Å². The Morgan fingerprint density at radius 3 is 2.32 bits per heavy atom. The van der Waals surface area contributed by atoms with Crippen molar-refractivity contribution in [3.05, 3.63) is 53.3 Å². The molecule has 0 amide bonds. The van der Waals surface area contributed by atoms with Gasteiger partial charge in [0, 0.05) is 30.1 Å². The maximum atomic E-state index is 13.4. The molecule has 0 radical (unpaired) electrons. The summed E-state index contributed by atoms with van der Waals surface area (Å²) in [6, 6.07) is 3.55. The van der Waals surface area contributed by atoms with Crippen LogP contribution in [0.1, 0.15) is 36.6 Å². The van der Waals surface area contributed by atoms with E-state index in [1.54, 1.807) is 6.92 Å². The lowest BCUT2D eigenvalue weighted by atomic mass is 9.79. The van der Waals surface area contributed by atoms with Crippen LogP contribution in [0.15, 0.2) is 41.4 Å². The zero-order valence-electron chi connectivity index (χ0n) is 18.0.